The number of rotatable bonds is 8. The van der Waals surface area contributed by atoms with Crippen LogP contribution in [0.3, 0.4) is 0 Å². The Hall–Kier alpha value is -3.21. The second-order valence-electron chi connectivity index (χ2n) is 9.19. The highest BCUT2D eigenvalue weighted by Gasteiger charge is 2.31. The number of fused-ring (bicyclic) bond motifs is 1. The minimum Gasteiger partial charge on any atom is -0.339 e. The van der Waals surface area contributed by atoms with Crippen LogP contribution in [-0.2, 0) is 11.3 Å². The van der Waals surface area contributed by atoms with Crippen molar-refractivity contribution < 1.29 is 14.0 Å². The molecule has 0 radical (unpaired) electrons. The zero-order valence-corrected chi connectivity index (χ0v) is 19.9. The van der Waals surface area contributed by atoms with Gasteiger partial charge in [-0.2, -0.15) is 0 Å². The van der Waals surface area contributed by atoms with Gasteiger partial charge in [-0.1, -0.05) is 68.3 Å². The maximum atomic E-state index is 13.4. The van der Waals surface area contributed by atoms with Gasteiger partial charge in [0, 0.05) is 37.7 Å². The zero-order chi connectivity index (χ0) is 23.9. The van der Waals surface area contributed by atoms with E-state index in [1.54, 1.807) is 12.1 Å². The molecule has 5 heteroatoms. The second-order valence-corrected chi connectivity index (χ2v) is 9.19. The number of amides is 2. The Labute approximate surface area is 201 Å². The zero-order valence-electron chi connectivity index (χ0n) is 19.9. The van der Waals surface area contributed by atoms with Gasteiger partial charge in [0.25, 0.3) is 5.91 Å². The molecule has 178 valence electrons. The van der Waals surface area contributed by atoms with Crippen molar-refractivity contribution in [2.45, 2.75) is 45.6 Å². The van der Waals surface area contributed by atoms with E-state index < -0.39 is 0 Å². The number of hydrogen-bond acceptors (Lipinski definition) is 2. The summed E-state index contributed by atoms with van der Waals surface area (Å²) in [6, 6.07) is 20.2. The fourth-order valence-electron chi connectivity index (χ4n) is 4.80. The molecule has 3 aromatic carbocycles. The molecule has 1 saturated heterocycles. The standard InChI is InChI=1S/C29H33FN2O2/c1-2-3-6-18-32(21-22-12-14-25(30)15-13-22)28(33)24-16-19-31(20-17-24)29(34)27-11-7-9-23-8-4-5-10-26(23)27/h4-5,7-15,24H,2-3,6,16-21H2,1H3. The number of unbranched alkanes of at least 4 members (excludes halogenated alkanes) is 2. The predicted molar refractivity (Wildman–Crippen MR) is 134 cm³/mol. The molecule has 0 N–H and O–H groups in total. The maximum Gasteiger partial charge on any atom is 0.254 e. The van der Waals surface area contributed by atoms with Crippen molar-refractivity contribution in [3.63, 3.8) is 0 Å². The van der Waals surface area contributed by atoms with Crippen molar-refractivity contribution in [2.24, 2.45) is 5.92 Å². The molecule has 1 aliphatic heterocycles. The van der Waals surface area contributed by atoms with E-state index in [0.29, 0.717) is 39.0 Å². The number of piperidine rings is 1. The van der Waals surface area contributed by atoms with Crippen LogP contribution in [0.15, 0.2) is 66.7 Å². The topological polar surface area (TPSA) is 40.6 Å². The average Bonchev–Trinajstić information content (AvgIpc) is 2.88. The lowest BCUT2D eigenvalue weighted by Crippen LogP contribution is -2.44. The van der Waals surface area contributed by atoms with Crippen LogP contribution in [0.5, 0.6) is 0 Å². The number of halogens is 1. The molecule has 1 heterocycles. The molecule has 0 spiro atoms. The van der Waals surface area contributed by atoms with Crippen molar-refractivity contribution in [3.8, 4) is 0 Å². The summed E-state index contributed by atoms with van der Waals surface area (Å²) in [7, 11) is 0. The fraction of sp³-hybridized carbons (Fsp3) is 0.379. The fourth-order valence-corrected chi connectivity index (χ4v) is 4.80. The van der Waals surface area contributed by atoms with Gasteiger partial charge in [0.05, 0.1) is 0 Å². The number of hydrogen-bond donors (Lipinski definition) is 0. The highest BCUT2D eigenvalue weighted by Crippen LogP contribution is 2.25. The van der Waals surface area contributed by atoms with Crippen LogP contribution in [0.25, 0.3) is 10.8 Å². The van der Waals surface area contributed by atoms with Crippen LogP contribution in [0.2, 0.25) is 0 Å². The van der Waals surface area contributed by atoms with E-state index >= 15 is 0 Å². The van der Waals surface area contributed by atoms with Crippen LogP contribution in [0, 0.1) is 11.7 Å². The van der Waals surface area contributed by atoms with Crippen molar-refractivity contribution >= 4 is 22.6 Å². The SMILES string of the molecule is CCCCCN(Cc1ccc(F)cc1)C(=O)C1CCN(C(=O)c2cccc3ccccc23)CC1. The Bertz CT molecular complexity index is 1120. The Balaban J connectivity index is 1.41. The molecule has 0 aromatic heterocycles. The third-order valence-electron chi connectivity index (χ3n) is 6.78. The molecule has 1 fully saturated rings. The largest absolute Gasteiger partial charge is 0.339 e. The lowest BCUT2D eigenvalue weighted by atomic mass is 9.94. The van der Waals surface area contributed by atoms with Crippen LogP contribution in [0.1, 0.15) is 54.9 Å². The minimum atomic E-state index is -0.268. The van der Waals surface area contributed by atoms with Gasteiger partial charge in [0.2, 0.25) is 5.91 Å². The lowest BCUT2D eigenvalue weighted by molar-refractivity contribution is -0.137. The second kappa shape index (κ2) is 11.3. The molecule has 4 rings (SSSR count). The summed E-state index contributed by atoms with van der Waals surface area (Å²) in [5, 5.41) is 2.02. The molecule has 0 atom stereocenters. The quantitative estimate of drug-likeness (QED) is 0.384. The number of carbonyl (C=O) groups is 2. The van der Waals surface area contributed by atoms with E-state index in [0.717, 1.165) is 41.2 Å². The maximum absolute atomic E-state index is 13.4. The molecule has 0 bridgehead atoms. The molecule has 0 unspecified atom stereocenters. The van der Waals surface area contributed by atoms with Crippen LogP contribution >= 0.6 is 0 Å². The third-order valence-corrected chi connectivity index (χ3v) is 6.78. The van der Waals surface area contributed by atoms with Crippen LogP contribution in [-0.4, -0.2) is 41.2 Å². The molecular formula is C29H33FN2O2. The highest BCUT2D eigenvalue weighted by molar-refractivity contribution is 6.07. The van der Waals surface area contributed by atoms with Gasteiger partial charge in [0.15, 0.2) is 0 Å². The Morgan fingerprint density at radius 1 is 0.941 bits per heavy atom. The number of carbonyl (C=O) groups excluding carboxylic acids is 2. The predicted octanol–water partition coefficient (Wildman–Crippen LogP) is 6.05. The minimum absolute atomic E-state index is 0.0359. The summed E-state index contributed by atoms with van der Waals surface area (Å²) in [6.45, 7) is 4.52. The summed E-state index contributed by atoms with van der Waals surface area (Å²) in [5.74, 6) is -0.166. The normalized spacial score (nSPS) is 14.4. The van der Waals surface area contributed by atoms with Gasteiger partial charge in [0.1, 0.15) is 5.82 Å². The molecule has 0 saturated carbocycles. The van der Waals surface area contributed by atoms with E-state index in [1.165, 1.54) is 12.1 Å². The van der Waals surface area contributed by atoms with Crippen molar-refractivity contribution in [2.75, 3.05) is 19.6 Å². The third kappa shape index (κ3) is 5.64. The highest BCUT2D eigenvalue weighted by atomic mass is 19.1. The number of nitrogens with zero attached hydrogens (tertiary/aromatic N) is 2. The van der Waals surface area contributed by atoms with Gasteiger partial charge in [-0.25, -0.2) is 4.39 Å². The Morgan fingerprint density at radius 2 is 1.65 bits per heavy atom. The van der Waals surface area contributed by atoms with E-state index in [1.807, 2.05) is 52.3 Å². The molecule has 1 aliphatic rings. The summed E-state index contributed by atoms with van der Waals surface area (Å²) in [4.78, 5) is 30.5. The van der Waals surface area contributed by atoms with Crippen LogP contribution in [0.4, 0.5) is 4.39 Å². The molecule has 34 heavy (non-hydrogen) atoms. The van der Waals surface area contributed by atoms with Gasteiger partial charge in [-0.3, -0.25) is 9.59 Å². The Morgan fingerprint density at radius 3 is 2.38 bits per heavy atom. The smallest absolute Gasteiger partial charge is 0.254 e. The van der Waals surface area contributed by atoms with Crippen molar-refractivity contribution in [1.82, 2.24) is 9.80 Å². The lowest BCUT2D eigenvalue weighted by Gasteiger charge is -2.34. The van der Waals surface area contributed by atoms with Gasteiger partial charge < -0.3 is 9.80 Å². The summed E-state index contributed by atoms with van der Waals surface area (Å²) in [6.07, 6.45) is 4.46. The van der Waals surface area contributed by atoms with E-state index in [4.69, 9.17) is 0 Å². The molecule has 0 aliphatic carbocycles. The molecule has 4 nitrogen and oxygen atoms in total. The first-order chi connectivity index (χ1) is 16.6. The van der Waals surface area contributed by atoms with Gasteiger partial charge in [-0.15, -0.1) is 0 Å². The monoisotopic (exact) mass is 460 g/mol. The Kier molecular flexibility index (Phi) is 7.94. The van der Waals surface area contributed by atoms with Crippen molar-refractivity contribution in [1.29, 1.82) is 0 Å². The van der Waals surface area contributed by atoms with E-state index in [9.17, 15) is 14.0 Å². The summed E-state index contributed by atoms with van der Waals surface area (Å²) < 4.78 is 13.3. The molecule has 2 amide bonds. The van der Waals surface area contributed by atoms with E-state index in [2.05, 4.69) is 6.92 Å². The molecular weight excluding hydrogens is 427 g/mol. The molecule has 3 aromatic rings. The first-order valence-electron chi connectivity index (χ1n) is 12.4. The van der Waals surface area contributed by atoms with Gasteiger partial charge in [-0.05, 0) is 53.8 Å². The summed E-state index contributed by atoms with van der Waals surface area (Å²) >= 11 is 0. The van der Waals surface area contributed by atoms with Crippen molar-refractivity contribution in [3.05, 3.63) is 83.7 Å². The van der Waals surface area contributed by atoms with Crippen LogP contribution < -0.4 is 0 Å². The number of likely N-dealkylation sites (tertiary alicyclic amines) is 1. The summed E-state index contributed by atoms with van der Waals surface area (Å²) in [5.41, 5.74) is 1.66. The average molecular weight is 461 g/mol. The first kappa shape index (κ1) is 23.9. The van der Waals surface area contributed by atoms with Gasteiger partial charge >= 0.3 is 0 Å². The number of benzene rings is 3. The van der Waals surface area contributed by atoms with E-state index in [-0.39, 0.29) is 23.5 Å². The first-order valence-corrected chi connectivity index (χ1v) is 12.4.